The van der Waals surface area contributed by atoms with Gasteiger partial charge >= 0.3 is 12.1 Å². The van der Waals surface area contributed by atoms with Crippen molar-refractivity contribution < 1.29 is 72.3 Å². The molecule has 5 heterocycles. The summed E-state index contributed by atoms with van der Waals surface area (Å²) in [5, 5.41) is 35.0. The molecule has 322 valence electrons. The third-order valence-corrected chi connectivity index (χ3v) is 12.3. The number of hydrogen-bond acceptors (Lipinski definition) is 17. The van der Waals surface area contributed by atoms with Crippen LogP contribution in [-0.2, 0) is 33.2 Å². The van der Waals surface area contributed by atoms with Gasteiger partial charge in [0.25, 0.3) is 0 Å². The number of nitrogens with zero attached hydrogens (tertiary/aromatic N) is 1. The first kappa shape index (κ1) is 41.7. The largest absolute Gasteiger partial charge is 0.502 e. The Labute approximate surface area is 348 Å². The van der Waals surface area contributed by atoms with Gasteiger partial charge < -0.3 is 67.7 Å². The van der Waals surface area contributed by atoms with E-state index in [9.17, 15) is 24.9 Å². The first-order valence-corrected chi connectivity index (χ1v) is 20.5. The number of H-pyrrole nitrogens is 1. The quantitative estimate of drug-likeness (QED) is 0.115. The SMILES string of the molecule is CCCSc1ccc2nc(NC(=O)OC)[nH]c2c1.COc1cc([C@@H]2c3cc4c(cc3[C@@H](O[C@@H]3O[C@@H]5CO[C@@H](C)O[C@H]5[C@H](O)[C@H]3O)[C@H]3COC(=O)[C@H]23)OCO4)cc(OC)c1O. The maximum Gasteiger partial charge on any atom is 0.413 e. The van der Waals surface area contributed by atoms with Crippen LogP contribution in [0.25, 0.3) is 11.0 Å². The van der Waals surface area contributed by atoms with Gasteiger partial charge in [-0.25, -0.2) is 9.78 Å². The second-order valence-corrected chi connectivity index (χ2v) is 15.9. The summed E-state index contributed by atoms with van der Waals surface area (Å²) in [6.07, 6.45) is -6.19. The molecule has 0 radical (unpaired) electrons. The lowest BCUT2D eigenvalue weighted by atomic mass is 9.66. The van der Waals surface area contributed by atoms with Gasteiger partial charge in [-0.1, -0.05) is 6.92 Å². The highest BCUT2D eigenvalue weighted by molar-refractivity contribution is 7.99. The Balaban J connectivity index is 0.000000232. The van der Waals surface area contributed by atoms with Crippen molar-refractivity contribution in [1.29, 1.82) is 0 Å². The molecule has 3 aromatic carbocycles. The van der Waals surface area contributed by atoms with Gasteiger partial charge in [-0.05, 0) is 78.3 Å². The number of methoxy groups -OCH3 is 3. The Bertz CT molecular complexity index is 2190. The lowest BCUT2D eigenvalue weighted by Crippen LogP contribution is -2.63. The molecule has 10 atom stereocenters. The zero-order valence-electron chi connectivity index (χ0n) is 33.4. The fourth-order valence-corrected chi connectivity index (χ4v) is 9.05. The molecule has 19 heteroatoms. The lowest BCUT2D eigenvalue weighted by molar-refractivity contribution is -0.364. The van der Waals surface area contributed by atoms with Crippen molar-refractivity contribution in [2.75, 3.05) is 52.4 Å². The fourth-order valence-electron chi connectivity index (χ4n) is 8.24. The molecule has 3 fully saturated rings. The number of carbonyl (C=O) groups is 2. The minimum Gasteiger partial charge on any atom is -0.502 e. The Morgan fingerprint density at radius 1 is 0.967 bits per heavy atom. The predicted octanol–water partition coefficient (Wildman–Crippen LogP) is 4.58. The number of nitrogens with one attached hydrogen (secondary N) is 2. The molecule has 4 aliphatic heterocycles. The topological polar surface area (TPSA) is 228 Å². The van der Waals surface area contributed by atoms with Crippen LogP contribution >= 0.6 is 11.8 Å². The van der Waals surface area contributed by atoms with Crippen molar-refractivity contribution in [3.63, 3.8) is 0 Å². The summed E-state index contributed by atoms with van der Waals surface area (Å²) >= 11 is 1.80. The number of fused-ring (bicyclic) bond motifs is 5. The molecule has 5 aliphatic rings. The highest BCUT2D eigenvalue weighted by atomic mass is 32.2. The van der Waals surface area contributed by atoms with Crippen LogP contribution in [0.1, 0.15) is 49.0 Å². The van der Waals surface area contributed by atoms with Crippen LogP contribution in [-0.4, -0.2) is 121 Å². The molecule has 3 saturated heterocycles. The molecule has 9 rings (SSSR count). The standard InChI is InChI=1S/C29H32O13.C12H15N3O2S/c1-11-36-9-20-27(40-11)24(31)25(32)29(41-20)42-26-14-7-17-16(38-10-39-17)6-13(14)21(22-15(26)8-37-28(22)33)12-4-18(34-2)23(30)19(5-12)35-3;1-3-6-18-8-4-5-9-10(7-8)14-11(13-9)15-12(16)17-2/h4-7,11,15,20-22,24-27,29-32H,8-10H2,1-3H3;4-5,7H,3,6H2,1-2H3,(H2,13,14,15,16)/t11-,15+,20-,21-,22+,24-,25-,26-,27-,29+;/m1./s1. The molecule has 1 amide bonds. The van der Waals surface area contributed by atoms with Gasteiger partial charge in [0.2, 0.25) is 18.5 Å². The first-order chi connectivity index (χ1) is 29.0. The summed E-state index contributed by atoms with van der Waals surface area (Å²) in [6, 6.07) is 12.9. The van der Waals surface area contributed by atoms with Crippen LogP contribution in [0.2, 0.25) is 0 Å². The number of aliphatic hydroxyl groups is 2. The number of imidazole rings is 1. The van der Waals surface area contributed by atoms with Crippen LogP contribution in [0.4, 0.5) is 10.7 Å². The maximum atomic E-state index is 13.4. The number of benzene rings is 3. The minimum atomic E-state index is -1.44. The third kappa shape index (κ3) is 7.97. The zero-order valence-corrected chi connectivity index (χ0v) is 34.3. The summed E-state index contributed by atoms with van der Waals surface area (Å²) in [5.41, 5.74) is 3.74. The average molecular weight is 854 g/mol. The van der Waals surface area contributed by atoms with Crippen molar-refractivity contribution in [3.05, 3.63) is 59.2 Å². The zero-order chi connectivity index (χ0) is 42.2. The smallest absolute Gasteiger partial charge is 0.413 e. The molecule has 5 N–H and O–H groups in total. The van der Waals surface area contributed by atoms with Gasteiger partial charge in [-0.15, -0.1) is 11.8 Å². The van der Waals surface area contributed by atoms with Gasteiger partial charge in [-0.2, -0.15) is 0 Å². The monoisotopic (exact) mass is 853 g/mol. The number of rotatable bonds is 9. The number of cyclic esters (lactones) is 1. The van der Waals surface area contributed by atoms with E-state index in [1.54, 1.807) is 43.0 Å². The fraction of sp³-hybridized carbons (Fsp3) is 0.488. The van der Waals surface area contributed by atoms with E-state index >= 15 is 0 Å². The number of hydrogen-bond donors (Lipinski definition) is 5. The summed E-state index contributed by atoms with van der Waals surface area (Å²) in [5.74, 6) is 0.463. The van der Waals surface area contributed by atoms with E-state index in [-0.39, 0.29) is 37.3 Å². The number of amides is 1. The Morgan fingerprint density at radius 3 is 2.40 bits per heavy atom. The van der Waals surface area contributed by atoms with Gasteiger partial charge in [0.05, 0.1) is 57.6 Å². The summed E-state index contributed by atoms with van der Waals surface area (Å²) in [4.78, 5) is 32.9. The normalized spacial score (nSPS) is 28.7. The van der Waals surface area contributed by atoms with Gasteiger partial charge in [-0.3, -0.25) is 10.1 Å². The number of aromatic nitrogens is 2. The Hall–Kier alpha value is -5.02. The van der Waals surface area contributed by atoms with Crippen LogP contribution in [0.15, 0.2) is 47.4 Å². The molecular formula is C41H47N3O15S. The van der Waals surface area contributed by atoms with E-state index in [2.05, 4.69) is 26.9 Å². The lowest BCUT2D eigenvalue weighted by Gasteiger charge is -2.47. The number of aromatic hydroxyl groups is 1. The highest BCUT2D eigenvalue weighted by Gasteiger charge is 2.56. The number of esters is 1. The van der Waals surface area contributed by atoms with Crippen LogP contribution in [0.3, 0.4) is 0 Å². The molecule has 0 saturated carbocycles. The molecule has 1 aromatic heterocycles. The third-order valence-electron chi connectivity index (χ3n) is 11.1. The number of aromatic amines is 1. The molecule has 18 nitrogen and oxygen atoms in total. The van der Waals surface area contributed by atoms with Crippen molar-refractivity contribution in [1.82, 2.24) is 9.97 Å². The number of thioether (sulfide) groups is 1. The number of phenolic OH excluding ortho intramolecular Hbond substituents is 1. The first-order valence-electron chi connectivity index (χ1n) is 19.5. The summed E-state index contributed by atoms with van der Waals surface area (Å²) in [6.45, 7) is 4.08. The Kier molecular flexibility index (Phi) is 12.2. The summed E-state index contributed by atoms with van der Waals surface area (Å²) < 4.78 is 56.0. The van der Waals surface area contributed by atoms with E-state index in [0.717, 1.165) is 23.2 Å². The number of aliphatic hydroxyl groups excluding tert-OH is 2. The number of ether oxygens (including phenoxy) is 10. The number of carbonyl (C=O) groups excluding carboxylic acids is 2. The van der Waals surface area contributed by atoms with E-state index in [1.807, 2.05) is 18.2 Å². The molecule has 0 unspecified atom stereocenters. The van der Waals surface area contributed by atoms with E-state index in [4.69, 9.17) is 42.6 Å². The van der Waals surface area contributed by atoms with Crippen LogP contribution in [0.5, 0.6) is 28.7 Å². The van der Waals surface area contributed by atoms with Gasteiger partial charge in [0.1, 0.15) is 24.4 Å². The number of anilines is 1. The minimum absolute atomic E-state index is 0.0301. The number of phenols is 1. The van der Waals surface area contributed by atoms with Gasteiger partial charge in [0.15, 0.2) is 35.6 Å². The van der Waals surface area contributed by atoms with E-state index in [1.165, 1.54) is 26.2 Å². The molecular weight excluding hydrogens is 807 g/mol. The molecule has 60 heavy (non-hydrogen) atoms. The van der Waals surface area contributed by atoms with E-state index in [0.29, 0.717) is 34.1 Å². The highest BCUT2D eigenvalue weighted by Crippen LogP contribution is 2.57. The molecule has 4 aromatic rings. The average Bonchev–Trinajstić information content (AvgIpc) is 3.99. The second kappa shape index (κ2) is 17.5. The van der Waals surface area contributed by atoms with Crippen molar-refractivity contribution in [2.45, 2.75) is 74.2 Å². The molecule has 1 aliphatic carbocycles. The van der Waals surface area contributed by atoms with Crippen molar-refractivity contribution in [3.8, 4) is 28.7 Å². The van der Waals surface area contributed by atoms with Crippen LogP contribution < -0.4 is 24.3 Å². The maximum absolute atomic E-state index is 13.4. The van der Waals surface area contributed by atoms with Crippen molar-refractivity contribution >= 4 is 40.8 Å². The summed E-state index contributed by atoms with van der Waals surface area (Å²) in [7, 11) is 4.18. The van der Waals surface area contributed by atoms with Crippen molar-refractivity contribution in [2.24, 2.45) is 11.8 Å². The predicted molar refractivity (Wildman–Crippen MR) is 211 cm³/mol. The Morgan fingerprint density at radius 2 is 1.70 bits per heavy atom. The van der Waals surface area contributed by atoms with Gasteiger partial charge in [0, 0.05) is 16.7 Å². The second-order valence-electron chi connectivity index (χ2n) is 14.7. The van der Waals surface area contributed by atoms with E-state index < -0.39 is 72.9 Å². The van der Waals surface area contributed by atoms with Crippen LogP contribution in [0, 0.1) is 11.8 Å². The molecule has 0 bridgehead atoms. The molecule has 0 spiro atoms.